The third kappa shape index (κ3) is 3.62. The van der Waals surface area contributed by atoms with Gasteiger partial charge in [0.05, 0.1) is 5.92 Å². The maximum Gasteiger partial charge on any atom is 0.235 e. The molecular weight excluding hydrogens is 420 g/mol. The maximum atomic E-state index is 13.5. The molecule has 4 heteroatoms. The number of amides is 1. The van der Waals surface area contributed by atoms with Crippen LogP contribution in [-0.4, -0.2) is 35.7 Å². The molecule has 2 unspecified atom stereocenters. The van der Waals surface area contributed by atoms with Crippen molar-refractivity contribution in [2.24, 2.45) is 0 Å². The third-order valence-corrected chi connectivity index (χ3v) is 9.02. The smallest absolute Gasteiger partial charge is 0.235 e. The molecule has 0 aromatic heterocycles. The predicted molar refractivity (Wildman–Crippen MR) is 135 cm³/mol. The minimum atomic E-state index is -0.298. The van der Waals surface area contributed by atoms with Gasteiger partial charge in [-0.25, -0.2) is 0 Å². The van der Waals surface area contributed by atoms with E-state index in [2.05, 4.69) is 34.1 Å². The molecule has 0 spiro atoms. The molecule has 4 nitrogen and oxygen atoms in total. The van der Waals surface area contributed by atoms with Gasteiger partial charge in [-0.1, -0.05) is 43.3 Å². The van der Waals surface area contributed by atoms with Crippen LogP contribution in [-0.2, 0) is 16.0 Å². The highest BCUT2D eigenvalue weighted by Gasteiger charge is 2.43. The van der Waals surface area contributed by atoms with Crippen LogP contribution in [0.1, 0.15) is 98.4 Å². The van der Waals surface area contributed by atoms with Gasteiger partial charge in [-0.15, -0.1) is 0 Å². The summed E-state index contributed by atoms with van der Waals surface area (Å²) in [4.78, 5) is 30.5. The molecule has 1 amide bonds. The molecule has 6 rings (SSSR count). The van der Waals surface area contributed by atoms with E-state index in [0.717, 1.165) is 43.1 Å². The van der Waals surface area contributed by atoms with Gasteiger partial charge in [0.15, 0.2) is 0 Å². The van der Waals surface area contributed by atoms with Crippen molar-refractivity contribution >= 4 is 17.4 Å². The summed E-state index contributed by atoms with van der Waals surface area (Å²) >= 11 is 0. The summed E-state index contributed by atoms with van der Waals surface area (Å²) in [5.41, 5.74) is 6.95. The number of hydrogen-bond acceptors (Lipinski definition) is 3. The van der Waals surface area contributed by atoms with E-state index in [0.29, 0.717) is 18.9 Å². The third-order valence-electron chi connectivity index (χ3n) is 9.02. The molecule has 34 heavy (non-hydrogen) atoms. The number of ketones is 1. The van der Waals surface area contributed by atoms with E-state index in [1.165, 1.54) is 32.1 Å². The van der Waals surface area contributed by atoms with Gasteiger partial charge in [-0.3, -0.25) is 14.5 Å². The molecule has 2 aliphatic carbocycles. The number of aryl methyl sites for hydroxylation is 1. The van der Waals surface area contributed by atoms with Crippen LogP contribution in [0.15, 0.2) is 42.5 Å². The Balaban J connectivity index is 1.20. The number of carbonyl (C=O) groups is 2. The fraction of sp³-hybridized carbons (Fsp3) is 0.533. The molecule has 0 N–H and O–H groups in total. The Morgan fingerprint density at radius 3 is 2.56 bits per heavy atom. The number of anilines is 1. The Morgan fingerprint density at radius 2 is 1.74 bits per heavy atom. The number of benzene rings is 2. The highest BCUT2D eigenvalue weighted by Crippen LogP contribution is 2.48. The zero-order valence-corrected chi connectivity index (χ0v) is 20.3. The van der Waals surface area contributed by atoms with Gasteiger partial charge in [0.25, 0.3) is 0 Å². The monoisotopic (exact) mass is 456 g/mol. The molecule has 0 bridgehead atoms. The fourth-order valence-corrected chi connectivity index (χ4v) is 7.33. The summed E-state index contributed by atoms with van der Waals surface area (Å²) in [6, 6.07) is 15.9. The van der Waals surface area contributed by atoms with Crippen LogP contribution in [0.4, 0.5) is 5.69 Å². The second-order valence-electron chi connectivity index (χ2n) is 10.8. The lowest BCUT2D eigenvalue weighted by molar-refractivity contribution is -0.125. The lowest BCUT2D eigenvalue weighted by Crippen LogP contribution is -2.48. The van der Waals surface area contributed by atoms with Crippen molar-refractivity contribution in [2.45, 2.75) is 88.6 Å². The SMILES string of the molecule is CCC(=O)CC1C(=O)N(C2CCN(C3CC[C@H]4CCCc5cccc3c54)CC2)c2ccccc21. The van der Waals surface area contributed by atoms with Crippen LogP contribution in [0.2, 0.25) is 0 Å². The molecule has 2 aromatic carbocycles. The number of piperidine rings is 1. The minimum Gasteiger partial charge on any atom is -0.308 e. The average molecular weight is 457 g/mol. The zero-order valence-electron chi connectivity index (χ0n) is 20.3. The minimum absolute atomic E-state index is 0.138. The molecule has 1 fully saturated rings. The predicted octanol–water partition coefficient (Wildman–Crippen LogP) is 5.91. The summed E-state index contributed by atoms with van der Waals surface area (Å²) in [5, 5.41) is 0. The summed E-state index contributed by atoms with van der Waals surface area (Å²) in [6.45, 7) is 3.96. The molecule has 2 heterocycles. The number of fused-ring (bicyclic) bond motifs is 1. The van der Waals surface area contributed by atoms with Gasteiger partial charge >= 0.3 is 0 Å². The summed E-state index contributed by atoms with van der Waals surface area (Å²) in [7, 11) is 0. The van der Waals surface area contributed by atoms with Gasteiger partial charge < -0.3 is 4.90 Å². The number of rotatable bonds is 5. The number of hydrogen-bond donors (Lipinski definition) is 0. The molecule has 4 aliphatic rings. The standard InChI is InChI=1S/C30H36N2O2/c1-2-23(33)19-26-24-10-3-4-12-28(24)32(30(26)34)22-15-17-31(18-16-22)27-14-13-21-8-5-7-20-9-6-11-25(27)29(20)21/h3-4,6,9-12,21-22,26-27H,2,5,7-8,13-19H2,1H3/t21-,26?,27?/m1/s1. The highest BCUT2D eigenvalue weighted by molar-refractivity contribution is 6.07. The lowest BCUT2D eigenvalue weighted by atomic mass is 9.71. The Bertz CT molecular complexity index is 1100. The van der Waals surface area contributed by atoms with Crippen molar-refractivity contribution in [3.8, 4) is 0 Å². The fourth-order valence-electron chi connectivity index (χ4n) is 7.33. The van der Waals surface area contributed by atoms with Gasteiger partial charge in [-0.2, -0.15) is 0 Å². The van der Waals surface area contributed by atoms with Crippen molar-refractivity contribution in [2.75, 3.05) is 18.0 Å². The van der Waals surface area contributed by atoms with E-state index in [4.69, 9.17) is 0 Å². The van der Waals surface area contributed by atoms with Gasteiger partial charge in [0.1, 0.15) is 5.78 Å². The summed E-state index contributed by atoms with van der Waals surface area (Å²) in [5.74, 6) is 0.786. The number of carbonyl (C=O) groups excluding carboxylic acids is 2. The molecule has 3 atom stereocenters. The van der Waals surface area contributed by atoms with E-state index < -0.39 is 0 Å². The van der Waals surface area contributed by atoms with E-state index in [1.54, 1.807) is 16.7 Å². The van der Waals surface area contributed by atoms with Crippen LogP contribution >= 0.6 is 0 Å². The molecule has 2 aliphatic heterocycles. The van der Waals surface area contributed by atoms with Crippen molar-refractivity contribution in [1.29, 1.82) is 0 Å². The van der Waals surface area contributed by atoms with E-state index in [-0.39, 0.29) is 23.7 Å². The first kappa shape index (κ1) is 22.0. The topological polar surface area (TPSA) is 40.6 Å². The van der Waals surface area contributed by atoms with Crippen molar-refractivity contribution in [3.63, 3.8) is 0 Å². The van der Waals surface area contributed by atoms with Gasteiger partial charge in [0, 0.05) is 43.7 Å². The number of likely N-dealkylation sites (tertiary alicyclic amines) is 1. The largest absolute Gasteiger partial charge is 0.308 e. The number of para-hydroxylation sites is 1. The molecule has 178 valence electrons. The quantitative estimate of drug-likeness (QED) is 0.562. The zero-order chi connectivity index (χ0) is 23.2. The first-order valence-corrected chi connectivity index (χ1v) is 13.4. The first-order chi connectivity index (χ1) is 16.7. The Morgan fingerprint density at radius 1 is 0.941 bits per heavy atom. The Kier molecular flexibility index (Phi) is 5.81. The second kappa shape index (κ2) is 8.96. The molecule has 1 saturated heterocycles. The Hall–Kier alpha value is -2.46. The van der Waals surface area contributed by atoms with Crippen molar-refractivity contribution in [1.82, 2.24) is 4.90 Å². The molecule has 2 aromatic rings. The molecular formula is C30H36N2O2. The second-order valence-corrected chi connectivity index (χ2v) is 10.8. The van der Waals surface area contributed by atoms with Crippen LogP contribution in [0.5, 0.6) is 0 Å². The highest BCUT2D eigenvalue weighted by atomic mass is 16.2. The average Bonchev–Trinajstić information content (AvgIpc) is 3.16. The normalized spacial score (nSPS) is 26.9. The Labute approximate surface area is 203 Å². The van der Waals surface area contributed by atoms with E-state index in [9.17, 15) is 9.59 Å². The number of nitrogens with zero attached hydrogens (tertiary/aromatic N) is 2. The first-order valence-electron chi connectivity index (χ1n) is 13.4. The summed E-state index contributed by atoms with van der Waals surface area (Å²) in [6.07, 6.45) is 9.36. The molecule has 0 radical (unpaired) electrons. The maximum absolute atomic E-state index is 13.5. The van der Waals surface area contributed by atoms with Crippen LogP contribution in [0, 0.1) is 0 Å². The van der Waals surface area contributed by atoms with E-state index in [1.807, 2.05) is 25.1 Å². The van der Waals surface area contributed by atoms with Crippen molar-refractivity contribution in [3.05, 3.63) is 64.7 Å². The van der Waals surface area contributed by atoms with Crippen LogP contribution in [0.25, 0.3) is 0 Å². The van der Waals surface area contributed by atoms with Crippen LogP contribution in [0.3, 0.4) is 0 Å². The van der Waals surface area contributed by atoms with Crippen molar-refractivity contribution < 1.29 is 9.59 Å². The number of Topliss-reactive ketones (excluding diaryl/α,β-unsaturated/α-hetero) is 1. The molecule has 0 saturated carbocycles. The van der Waals surface area contributed by atoms with Crippen LogP contribution < -0.4 is 4.90 Å². The van der Waals surface area contributed by atoms with Gasteiger partial charge in [0.2, 0.25) is 5.91 Å². The lowest BCUT2D eigenvalue weighted by Gasteiger charge is -2.45. The summed E-state index contributed by atoms with van der Waals surface area (Å²) < 4.78 is 0. The van der Waals surface area contributed by atoms with Gasteiger partial charge in [-0.05, 0) is 79.2 Å². The van der Waals surface area contributed by atoms with E-state index >= 15 is 0 Å².